The fourth-order valence-corrected chi connectivity index (χ4v) is 1.96. The van der Waals surface area contributed by atoms with Crippen molar-refractivity contribution in [3.63, 3.8) is 0 Å². The second-order valence-electron chi connectivity index (χ2n) is 4.25. The van der Waals surface area contributed by atoms with E-state index in [4.69, 9.17) is 4.55 Å². The van der Waals surface area contributed by atoms with Gasteiger partial charge in [0.05, 0.1) is 5.69 Å². The first-order valence-corrected chi connectivity index (χ1v) is 7.46. The first kappa shape index (κ1) is 16.2. The van der Waals surface area contributed by atoms with Crippen molar-refractivity contribution in [2.75, 3.05) is 5.75 Å². The Hall–Kier alpha value is -2.14. The molecule has 2 aromatic rings. The molecule has 0 spiro atoms. The van der Waals surface area contributed by atoms with Gasteiger partial charge in [0, 0.05) is 11.6 Å². The summed E-state index contributed by atoms with van der Waals surface area (Å²) in [6, 6.07) is 2.22. The van der Waals surface area contributed by atoms with Crippen molar-refractivity contribution in [1.29, 1.82) is 0 Å². The van der Waals surface area contributed by atoms with E-state index < -0.39 is 27.7 Å². The number of hydrogen-bond donors (Lipinski definition) is 1. The Morgan fingerprint density at radius 2 is 2.00 bits per heavy atom. The number of hydrogen-bond acceptors (Lipinski definition) is 5. The molecule has 0 amide bonds. The van der Waals surface area contributed by atoms with E-state index in [0.717, 1.165) is 12.4 Å². The van der Waals surface area contributed by atoms with Gasteiger partial charge in [-0.25, -0.2) is 9.97 Å². The summed E-state index contributed by atoms with van der Waals surface area (Å²) >= 11 is 0. The maximum Gasteiger partial charge on any atom is 0.433 e. The van der Waals surface area contributed by atoms with Crippen LogP contribution in [-0.4, -0.2) is 33.8 Å². The molecule has 2 rings (SSSR count). The summed E-state index contributed by atoms with van der Waals surface area (Å²) in [5, 5.41) is 3.85. The molecule has 0 atom stereocenters. The first-order chi connectivity index (χ1) is 10.1. The molecule has 0 aliphatic heterocycles. The lowest BCUT2D eigenvalue weighted by atomic mass is 10.2. The second-order valence-corrected chi connectivity index (χ2v) is 5.82. The van der Waals surface area contributed by atoms with Gasteiger partial charge in [-0.3, -0.25) is 4.55 Å². The van der Waals surface area contributed by atoms with E-state index in [0.29, 0.717) is 5.56 Å². The maximum atomic E-state index is 12.6. The van der Waals surface area contributed by atoms with Crippen molar-refractivity contribution in [1.82, 2.24) is 15.1 Å². The van der Waals surface area contributed by atoms with Crippen LogP contribution >= 0.6 is 0 Å². The number of aryl methyl sites for hydroxylation is 1. The normalized spacial score (nSPS) is 12.4. The predicted octanol–water partition coefficient (Wildman–Crippen LogP) is 0.733. The van der Waals surface area contributed by atoms with Crippen LogP contribution < -0.4 is 4.68 Å². The first-order valence-electron chi connectivity index (χ1n) is 5.86. The molecule has 7 nitrogen and oxygen atoms in total. The zero-order valence-electron chi connectivity index (χ0n) is 10.9. The Morgan fingerprint density at radius 3 is 2.55 bits per heavy atom. The van der Waals surface area contributed by atoms with Gasteiger partial charge in [0.15, 0.2) is 12.7 Å². The third kappa shape index (κ3) is 4.43. The Balaban J connectivity index is 2.20. The van der Waals surface area contributed by atoms with Crippen LogP contribution in [0.1, 0.15) is 5.69 Å². The number of rotatable bonds is 4. The van der Waals surface area contributed by atoms with Crippen molar-refractivity contribution < 1.29 is 30.8 Å². The van der Waals surface area contributed by atoms with Crippen LogP contribution in [0.15, 0.2) is 30.9 Å². The molecule has 0 radical (unpaired) electrons. The van der Waals surface area contributed by atoms with Gasteiger partial charge in [-0.2, -0.15) is 21.6 Å². The number of aromatic nitrogens is 4. The van der Waals surface area contributed by atoms with Crippen molar-refractivity contribution in [2.45, 2.75) is 12.7 Å². The van der Waals surface area contributed by atoms with Crippen molar-refractivity contribution >= 4 is 10.1 Å². The van der Waals surface area contributed by atoms with Crippen molar-refractivity contribution in [2.24, 2.45) is 0 Å². The minimum atomic E-state index is -4.57. The van der Waals surface area contributed by atoms with Crippen LogP contribution in [0, 0.1) is 0 Å². The van der Waals surface area contributed by atoms with Crippen LogP contribution in [0.2, 0.25) is 0 Å². The zero-order valence-corrected chi connectivity index (χ0v) is 11.7. The fourth-order valence-electron chi connectivity index (χ4n) is 1.55. The summed E-state index contributed by atoms with van der Waals surface area (Å²) in [4.78, 5) is 6.90. The highest BCUT2D eigenvalue weighted by Gasteiger charge is 2.32. The molecular formula is C11H10F3N4O3S+. The second kappa shape index (κ2) is 5.93. The summed E-state index contributed by atoms with van der Waals surface area (Å²) in [6.45, 7) is -0.0866. The Labute approximate surface area is 123 Å². The molecule has 0 saturated carbocycles. The van der Waals surface area contributed by atoms with E-state index >= 15 is 0 Å². The Kier molecular flexibility index (Phi) is 4.37. The molecule has 22 heavy (non-hydrogen) atoms. The van der Waals surface area contributed by atoms with Gasteiger partial charge in [-0.15, -0.1) is 0 Å². The number of alkyl halides is 3. The Morgan fingerprint density at radius 1 is 1.27 bits per heavy atom. The monoisotopic (exact) mass is 335 g/mol. The SMILES string of the molecule is O=S(=O)(O)CC[n+]1ccc(-c2cc(C(F)(F)F)ncn2)cn1. The van der Waals surface area contributed by atoms with Gasteiger partial charge < -0.3 is 0 Å². The summed E-state index contributed by atoms with van der Waals surface area (Å²) in [5.41, 5.74) is -0.714. The van der Waals surface area contributed by atoms with E-state index in [1.807, 2.05) is 0 Å². The van der Waals surface area contributed by atoms with E-state index in [9.17, 15) is 21.6 Å². The summed E-state index contributed by atoms with van der Waals surface area (Å²) < 4.78 is 68.8. The molecule has 0 aromatic carbocycles. The molecule has 0 bridgehead atoms. The van der Waals surface area contributed by atoms with E-state index in [2.05, 4.69) is 15.1 Å². The summed E-state index contributed by atoms with van der Waals surface area (Å²) in [5.74, 6) is -0.518. The fraction of sp³-hybridized carbons (Fsp3) is 0.273. The molecule has 0 aliphatic rings. The van der Waals surface area contributed by atoms with Gasteiger partial charge in [-0.05, 0) is 11.2 Å². The summed E-state index contributed by atoms with van der Waals surface area (Å²) in [7, 11) is -4.11. The van der Waals surface area contributed by atoms with Crippen LogP contribution in [-0.2, 0) is 22.8 Å². The van der Waals surface area contributed by atoms with E-state index in [1.54, 1.807) is 0 Å². The minimum Gasteiger partial charge on any atom is -0.285 e. The smallest absolute Gasteiger partial charge is 0.285 e. The maximum absolute atomic E-state index is 12.6. The standard InChI is InChI=1S/C11H9F3N4O3S/c12-11(13,14)10-5-9(15-7-16-10)8-1-2-18(17-6-8)3-4-22(19,20)21/h1-2,5-7H,3-4H2/p+1. The van der Waals surface area contributed by atoms with Crippen LogP contribution in [0.25, 0.3) is 11.3 Å². The summed E-state index contributed by atoms with van der Waals surface area (Å²) in [6.07, 6.45) is -1.16. The average molecular weight is 335 g/mol. The van der Waals surface area contributed by atoms with Crippen LogP contribution in [0.5, 0.6) is 0 Å². The molecular weight excluding hydrogens is 325 g/mol. The molecule has 0 aliphatic carbocycles. The van der Waals surface area contributed by atoms with Gasteiger partial charge >= 0.3 is 6.18 Å². The Bertz CT molecular complexity index is 763. The molecule has 2 aromatic heterocycles. The zero-order chi connectivity index (χ0) is 16.4. The molecule has 2 heterocycles. The number of nitrogens with zero attached hydrogens (tertiary/aromatic N) is 4. The lowest BCUT2D eigenvalue weighted by Gasteiger charge is -2.06. The van der Waals surface area contributed by atoms with Gasteiger partial charge in [-0.1, -0.05) is 4.68 Å². The largest absolute Gasteiger partial charge is 0.433 e. The molecule has 0 saturated heterocycles. The topological polar surface area (TPSA) is 96.9 Å². The van der Waals surface area contributed by atoms with Crippen molar-refractivity contribution in [3.8, 4) is 11.3 Å². The highest BCUT2D eigenvalue weighted by Crippen LogP contribution is 2.29. The molecule has 1 N–H and O–H groups in total. The lowest BCUT2D eigenvalue weighted by molar-refractivity contribution is -0.750. The van der Waals surface area contributed by atoms with Crippen LogP contribution in [0.3, 0.4) is 0 Å². The van der Waals surface area contributed by atoms with Crippen LogP contribution in [0.4, 0.5) is 13.2 Å². The van der Waals surface area contributed by atoms with Gasteiger partial charge in [0.1, 0.15) is 24.0 Å². The van der Waals surface area contributed by atoms with Gasteiger partial charge in [0.25, 0.3) is 10.1 Å². The van der Waals surface area contributed by atoms with E-state index in [1.165, 1.54) is 23.1 Å². The highest BCUT2D eigenvalue weighted by atomic mass is 32.2. The third-order valence-corrected chi connectivity index (χ3v) is 3.30. The third-order valence-electron chi connectivity index (χ3n) is 2.60. The quantitative estimate of drug-likeness (QED) is 0.654. The molecule has 0 unspecified atom stereocenters. The van der Waals surface area contributed by atoms with E-state index in [-0.39, 0.29) is 12.2 Å². The highest BCUT2D eigenvalue weighted by molar-refractivity contribution is 7.85. The lowest BCUT2D eigenvalue weighted by Crippen LogP contribution is -2.40. The van der Waals surface area contributed by atoms with Crippen molar-refractivity contribution in [3.05, 3.63) is 36.5 Å². The predicted molar refractivity (Wildman–Crippen MR) is 66.9 cm³/mol. The number of halogens is 3. The molecule has 118 valence electrons. The molecule has 11 heteroatoms. The minimum absolute atomic E-state index is 0.0387. The average Bonchev–Trinajstić information content (AvgIpc) is 2.44. The molecule has 0 fully saturated rings. The van der Waals surface area contributed by atoms with Gasteiger partial charge in [0.2, 0.25) is 0 Å².